The zero-order valence-corrected chi connectivity index (χ0v) is 18.1. The Morgan fingerprint density at radius 3 is 2.61 bits per heavy atom. The molecule has 0 spiro atoms. The summed E-state index contributed by atoms with van der Waals surface area (Å²) < 4.78 is 1.93. The van der Waals surface area contributed by atoms with E-state index in [0.29, 0.717) is 25.1 Å². The van der Waals surface area contributed by atoms with E-state index in [1.54, 1.807) is 11.3 Å². The number of thiophene rings is 1. The van der Waals surface area contributed by atoms with Gasteiger partial charge in [-0.2, -0.15) is 0 Å². The van der Waals surface area contributed by atoms with Crippen LogP contribution in [0.5, 0.6) is 0 Å². The maximum atomic E-state index is 12.6. The normalized spacial score (nSPS) is 10.9. The Bertz CT molecular complexity index is 1200. The number of imidazole rings is 1. The van der Waals surface area contributed by atoms with Gasteiger partial charge in [0.25, 0.3) is 5.91 Å². The molecule has 0 aliphatic heterocycles. The van der Waals surface area contributed by atoms with Crippen LogP contribution in [-0.2, 0) is 24.3 Å². The standard InChI is InChI=1S/C24H24N4O2S/c1-17-7-2-3-9-19(17)24(30)25-13-12-22-27-20-10-4-5-11-21(20)28(22)16-23(29)26-15-18-8-6-14-31-18/h2-11,14H,12-13,15-16H2,1H3,(H,25,30)(H,26,29). The molecular weight excluding hydrogens is 408 g/mol. The fourth-order valence-corrected chi connectivity index (χ4v) is 4.15. The molecule has 31 heavy (non-hydrogen) atoms. The zero-order chi connectivity index (χ0) is 21.6. The number of fused-ring (bicyclic) bond motifs is 1. The number of aromatic nitrogens is 2. The summed E-state index contributed by atoms with van der Waals surface area (Å²) in [5, 5.41) is 7.93. The van der Waals surface area contributed by atoms with Crippen LogP contribution in [0.4, 0.5) is 0 Å². The number of aryl methyl sites for hydroxylation is 1. The second-order valence-corrected chi connectivity index (χ2v) is 8.31. The number of carbonyl (C=O) groups is 2. The smallest absolute Gasteiger partial charge is 0.251 e. The average molecular weight is 433 g/mol. The molecule has 7 heteroatoms. The summed E-state index contributed by atoms with van der Waals surface area (Å²) in [5.41, 5.74) is 3.36. The van der Waals surface area contributed by atoms with E-state index in [-0.39, 0.29) is 18.4 Å². The van der Waals surface area contributed by atoms with Crippen molar-refractivity contribution in [2.24, 2.45) is 0 Å². The van der Waals surface area contributed by atoms with Gasteiger partial charge in [0.2, 0.25) is 5.91 Å². The largest absolute Gasteiger partial charge is 0.352 e. The molecular formula is C24H24N4O2S. The molecule has 0 unspecified atom stereocenters. The van der Waals surface area contributed by atoms with Crippen LogP contribution < -0.4 is 10.6 Å². The van der Waals surface area contributed by atoms with E-state index in [1.165, 1.54) is 0 Å². The molecule has 2 amide bonds. The van der Waals surface area contributed by atoms with Gasteiger partial charge < -0.3 is 15.2 Å². The van der Waals surface area contributed by atoms with E-state index >= 15 is 0 Å². The minimum atomic E-state index is -0.102. The number of hydrogen-bond acceptors (Lipinski definition) is 4. The van der Waals surface area contributed by atoms with Crippen molar-refractivity contribution in [3.8, 4) is 0 Å². The van der Waals surface area contributed by atoms with Crippen LogP contribution in [-0.4, -0.2) is 27.9 Å². The Morgan fingerprint density at radius 1 is 1.00 bits per heavy atom. The van der Waals surface area contributed by atoms with Gasteiger partial charge in [-0.1, -0.05) is 36.4 Å². The summed E-state index contributed by atoms with van der Waals surface area (Å²) in [7, 11) is 0. The predicted octanol–water partition coefficient (Wildman–Crippen LogP) is 3.70. The van der Waals surface area contributed by atoms with E-state index in [2.05, 4.69) is 10.6 Å². The number of hydrogen-bond donors (Lipinski definition) is 2. The highest BCUT2D eigenvalue weighted by Crippen LogP contribution is 2.17. The topological polar surface area (TPSA) is 76.0 Å². The van der Waals surface area contributed by atoms with E-state index in [9.17, 15) is 9.59 Å². The summed E-state index contributed by atoms with van der Waals surface area (Å²) in [4.78, 5) is 30.9. The van der Waals surface area contributed by atoms with Gasteiger partial charge >= 0.3 is 0 Å². The van der Waals surface area contributed by atoms with Crippen LogP contribution in [0.3, 0.4) is 0 Å². The van der Waals surface area contributed by atoms with Gasteiger partial charge in [0, 0.05) is 23.4 Å². The molecule has 0 aliphatic carbocycles. The van der Waals surface area contributed by atoms with Crippen LogP contribution in [0, 0.1) is 6.92 Å². The number of benzene rings is 2. The lowest BCUT2D eigenvalue weighted by Crippen LogP contribution is -2.29. The van der Waals surface area contributed by atoms with E-state index < -0.39 is 0 Å². The van der Waals surface area contributed by atoms with Crippen molar-refractivity contribution in [1.82, 2.24) is 20.2 Å². The number of carbonyl (C=O) groups excluding carboxylic acids is 2. The molecule has 0 atom stereocenters. The SMILES string of the molecule is Cc1ccccc1C(=O)NCCc1nc2ccccc2n1CC(=O)NCc1cccs1. The Kier molecular flexibility index (Phi) is 6.43. The van der Waals surface area contributed by atoms with Crippen LogP contribution in [0.15, 0.2) is 66.0 Å². The van der Waals surface area contributed by atoms with Gasteiger partial charge in [-0.05, 0) is 42.1 Å². The monoisotopic (exact) mass is 432 g/mol. The first-order valence-corrected chi connectivity index (χ1v) is 11.1. The third-order valence-electron chi connectivity index (χ3n) is 5.10. The summed E-state index contributed by atoms with van der Waals surface area (Å²) in [6, 6.07) is 19.2. The van der Waals surface area contributed by atoms with Gasteiger partial charge in [0.15, 0.2) is 0 Å². The zero-order valence-electron chi connectivity index (χ0n) is 17.3. The number of nitrogens with one attached hydrogen (secondary N) is 2. The van der Waals surface area contributed by atoms with E-state index in [1.807, 2.05) is 77.5 Å². The molecule has 2 N–H and O–H groups in total. The third kappa shape index (κ3) is 5.00. The molecule has 6 nitrogen and oxygen atoms in total. The fraction of sp³-hybridized carbons (Fsp3) is 0.208. The van der Waals surface area contributed by atoms with Crippen LogP contribution in [0.2, 0.25) is 0 Å². The minimum Gasteiger partial charge on any atom is -0.352 e. The van der Waals surface area contributed by atoms with Crippen LogP contribution in [0.1, 0.15) is 26.6 Å². The van der Waals surface area contributed by atoms with Crippen molar-refractivity contribution < 1.29 is 9.59 Å². The lowest BCUT2D eigenvalue weighted by atomic mass is 10.1. The second-order valence-electron chi connectivity index (χ2n) is 7.28. The Balaban J connectivity index is 1.44. The number of amides is 2. The first kappa shape index (κ1) is 20.8. The van der Waals surface area contributed by atoms with Crippen molar-refractivity contribution in [3.63, 3.8) is 0 Å². The third-order valence-corrected chi connectivity index (χ3v) is 5.98. The Hall–Kier alpha value is -3.45. The van der Waals surface area contributed by atoms with Crippen molar-refractivity contribution in [2.75, 3.05) is 6.54 Å². The Morgan fingerprint density at radius 2 is 1.81 bits per heavy atom. The minimum absolute atomic E-state index is 0.0678. The van der Waals surface area contributed by atoms with Crippen molar-refractivity contribution in [1.29, 1.82) is 0 Å². The maximum Gasteiger partial charge on any atom is 0.251 e. The van der Waals surface area contributed by atoms with E-state index in [0.717, 1.165) is 27.3 Å². The summed E-state index contributed by atoms with van der Waals surface area (Å²) in [6.45, 7) is 3.06. The number of rotatable bonds is 8. The fourth-order valence-electron chi connectivity index (χ4n) is 3.50. The van der Waals surface area contributed by atoms with Crippen molar-refractivity contribution >= 4 is 34.2 Å². The number of para-hydroxylation sites is 2. The maximum absolute atomic E-state index is 12.6. The van der Waals surface area contributed by atoms with Gasteiger partial charge in [-0.25, -0.2) is 4.98 Å². The van der Waals surface area contributed by atoms with Gasteiger partial charge in [-0.15, -0.1) is 11.3 Å². The lowest BCUT2D eigenvalue weighted by Gasteiger charge is -2.11. The van der Waals surface area contributed by atoms with Crippen LogP contribution in [0.25, 0.3) is 11.0 Å². The molecule has 158 valence electrons. The highest BCUT2D eigenvalue weighted by Gasteiger charge is 2.14. The van der Waals surface area contributed by atoms with Gasteiger partial charge in [0.05, 0.1) is 17.6 Å². The molecule has 2 heterocycles. The van der Waals surface area contributed by atoms with Gasteiger partial charge in [-0.3, -0.25) is 9.59 Å². The lowest BCUT2D eigenvalue weighted by molar-refractivity contribution is -0.121. The van der Waals surface area contributed by atoms with Gasteiger partial charge in [0.1, 0.15) is 12.4 Å². The average Bonchev–Trinajstić information content (AvgIpc) is 3.41. The highest BCUT2D eigenvalue weighted by molar-refractivity contribution is 7.09. The Labute approximate surface area is 184 Å². The summed E-state index contributed by atoms with van der Waals surface area (Å²) >= 11 is 1.62. The molecule has 4 aromatic rings. The molecule has 0 aliphatic rings. The molecule has 0 bridgehead atoms. The van der Waals surface area contributed by atoms with Crippen molar-refractivity contribution in [3.05, 3.63) is 87.9 Å². The first-order chi connectivity index (χ1) is 15.1. The highest BCUT2D eigenvalue weighted by atomic mass is 32.1. The molecule has 0 saturated heterocycles. The number of nitrogens with zero attached hydrogens (tertiary/aromatic N) is 2. The quantitative estimate of drug-likeness (QED) is 0.446. The molecule has 0 radical (unpaired) electrons. The van der Waals surface area contributed by atoms with E-state index in [4.69, 9.17) is 4.98 Å². The molecule has 0 fully saturated rings. The summed E-state index contributed by atoms with van der Waals surface area (Å²) in [5.74, 6) is 0.605. The predicted molar refractivity (Wildman–Crippen MR) is 123 cm³/mol. The first-order valence-electron chi connectivity index (χ1n) is 10.2. The summed E-state index contributed by atoms with van der Waals surface area (Å²) in [6.07, 6.45) is 0.532. The van der Waals surface area contributed by atoms with Crippen LogP contribution >= 0.6 is 11.3 Å². The molecule has 0 saturated carbocycles. The molecule has 4 rings (SSSR count). The van der Waals surface area contributed by atoms with Crippen molar-refractivity contribution in [2.45, 2.75) is 26.4 Å². The molecule has 2 aromatic carbocycles. The molecule has 2 aromatic heterocycles. The second kappa shape index (κ2) is 9.57.